The van der Waals surface area contributed by atoms with E-state index < -0.39 is 6.10 Å². The Bertz CT molecular complexity index is 1370. The van der Waals surface area contributed by atoms with Crippen LogP contribution in [0, 0.1) is 6.92 Å². The number of aryl methyl sites for hydroxylation is 1. The lowest BCUT2D eigenvalue weighted by Crippen LogP contribution is -2.53. The molecule has 0 spiro atoms. The summed E-state index contributed by atoms with van der Waals surface area (Å²) in [6.45, 7) is 2.68. The molecule has 1 saturated heterocycles. The van der Waals surface area contributed by atoms with Gasteiger partial charge in [0.25, 0.3) is 11.8 Å². The molecule has 1 aliphatic heterocycles. The normalized spacial score (nSPS) is 14.1. The number of benzene rings is 1. The second-order valence-electron chi connectivity index (χ2n) is 7.99. The van der Waals surface area contributed by atoms with Gasteiger partial charge in [-0.25, -0.2) is 0 Å². The summed E-state index contributed by atoms with van der Waals surface area (Å²) in [4.78, 5) is 34.3. The first kappa shape index (κ1) is 20.9. The van der Waals surface area contributed by atoms with E-state index >= 15 is 0 Å². The fourth-order valence-corrected chi connectivity index (χ4v) is 5.87. The number of nitrogens with zero attached hydrogens (tertiary/aromatic N) is 3. The molecule has 1 aromatic carbocycles. The van der Waals surface area contributed by atoms with Crippen LogP contribution in [0.15, 0.2) is 36.5 Å². The number of thiophene rings is 2. The van der Waals surface area contributed by atoms with E-state index in [4.69, 9.17) is 4.74 Å². The highest BCUT2D eigenvalue weighted by Gasteiger charge is 2.30. The van der Waals surface area contributed by atoms with Gasteiger partial charge < -0.3 is 19.6 Å². The lowest BCUT2D eigenvalue weighted by molar-refractivity contribution is 0.00623. The molecular weight excluding hydrogens is 446 g/mol. The molecule has 4 heterocycles. The Kier molecular flexibility index (Phi) is 5.11. The molecule has 0 unspecified atom stereocenters. The Morgan fingerprint density at radius 3 is 2.69 bits per heavy atom. The maximum Gasteiger partial charge on any atom is 0.264 e. The zero-order chi connectivity index (χ0) is 22.6. The first-order chi connectivity index (χ1) is 15.3. The van der Waals surface area contributed by atoms with Crippen LogP contribution in [0.1, 0.15) is 24.9 Å². The summed E-state index contributed by atoms with van der Waals surface area (Å²) in [6.07, 6.45) is 1.22. The molecule has 0 atom stereocenters. The number of pyridine rings is 1. The van der Waals surface area contributed by atoms with Gasteiger partial charge in [-0.05, 0) is 31.2 Å². The molecule has 164 valence electrons. The van der Waals surface area contributed by atoms with E-state index in [1.165, 1.54) is 11.3 Å². The number of aliphatic hydroxyl groups is 1. The van der Waals surface area contributed by atoms with Gasteiger partial charge >= 0.3 is 0 Å². The maximum absolute atomic E-state index is 12.6. The summed E-state index contributed by atoms with van der Waals surface area (Å²) in [7, 11) is 3.50. The SMILES string of the molecule is Cc1sc2cc(Oc3ccnc4cc(C(=O)N5CC(O)C5)sc34)ccc2c1C(=O)N(C)C. The Labute approximate surface area is 192 Å². The number of likely N-dealkylation sites (tertiary alicyclic amines) is 1. The minimum absolute atomic E-state index is 0.0104. The molecule has 3 aromatic heterocycles. The Balaban J connectivity index is 1.46. The third kappa shape index (κ3) is 3.52. The standard InChI is InChI=1S/C23H21N3O4S2/c1-12-20(23(29)25(2)3)15-5-4-14(8-18(15)31-12)30-17-6-7-24-16-9-19(32-21(16)17)22(28)26-10-13(27)11-26/h4-9,13,27H,10-11H2,1-3H3. The van der Waals surface area contributed by atoms with Crippen molar-refractivity contribution in [2.24, 2.45) is 0 Å². The number of carbonyl (C=O) groups is 2. The zero-order valence-corrected chi connectivity index (χ0v) is 19.4. The van der Waals surface area contributed by atoms with Crippen molar-refractivity contribution in [3.05, 3.63) is 51.8 Å². The summed E-state index contributed by atoms with van der Waals surface area (Å²) in [5.74, 6) is 1.17. The molecule has 7 nitrogen and oxygen atoms in total. The van der Waals surface area contributed by atoms with Gasteiger partial charge in [-0.3, -0.25) is 14.6 Å². The van der Waals surface area contributed by atoms with E-state index in [1.54, 1.807) is 53.6 Å². The summed E-state index contributed by atoms with van der Waals surface area (Å²) >= 11 is 2.90. The number of fused-ring (bicyclic) bond motifs is 2. The van der Waals surface area contributed by atoms with Gasteiger partial charge in [0.15, 0.2) is 0 Å². The van der Waals surface area contributed by atoms with Crippen LogP contribution >= 0.6 is 22.7 Å². The third-order valence-electron chi connectivity index (χ3n) is 5.42. The Morgan fingerprint density at radius 1 is 1.19 bits per heavy atom. The van der Waals surface area contributed by atoms with E-state index in [2.05, 4.69) is 4.98 Å². The maximum atomic E-state index is 12.6. The van der Waals surface area contributed by atoms with Crippen LogP contribution in [-0.4, -0.2) is 65.0 Å². The van der Waals surface area contributed by atoms with Crippen molar-refractivity contribution in [2.45, 2.75) is 13.0 Å². The molecule has 9 heteroatoms. The molecule has 0 aliphatic carbocycles. The molecule has 0 bridgehead atoms. The number of rotatable bonds is 4. The quantitative estimate of drug-likeness (QED) is 0.488. The molecule has 4 aromatic rings. The molecule has 32 heavy (non-hydrogen) atoms. The van der Waals surface area contributed by atoms with Crippen molar-refractivity contribution in [3.8, 4) is 11.5 Å². The molecule has 2 amide bonds. The number of ether oxygens (including phenoxy) is 1. The minimum atomic E-state index is -0.435. The van der Waals surface area contributed by atoms with Gasteiger partial charge in [-0.15, -0.1) is 22.7 Å². The number of amides is 2. The van der Waals surface area contributed by atoms with Crippen LogP contribution in [0.25, 0.3) is 20.3 Å². The molecule has 0 radical (unpaired) electrons. The van der Waals surface area contributed by atoms with Crippen LogP contribution in [0.3, 0.4) is 0 Å². The van der Waals surface area contributed by atoms with Crippen LogP contribution in [-0.2, 0) is 0 Å². The van der Waals surface area contributed by atoms with Gasteiger partial charge in [-0.2, -0.15) is 0 Å². The van der Waals surface area contributed by atoms with Crippen LogP contribution < -0.4 is 4.74 Å². The average molecular weight is 468 g/mol. The van der Waals surface area contributed by atoms with Crippen molar-refractivity contribution in [3.63, 3.8) is 0 Å². The molecule has 0 saturated carbocycles. The monoisotopic (exact) mass is 467 g/mol. The van der Waals surface area contributed by atoms with Gasteiger partial charge in [0.05, 0.1) is 26.8 Å². The number of hydrogen-bond acceptors (Lipinski definition) is 7. The summed E-state index contributed by atoms with van der Waals surface area (Å²) in [5.41, 5.74) is 1.43. The van der Waals surface area contributed by atoms with Gasteiger partial charge in [-0.1, -0.05) is 0 Å². The second kappa shape index (κ2) is 7.84. The smallest absolute Gasteiger partial charge is 0.264 e. The largest absolute Gasteiger partial charge is 0.456 e. The minimum Gasteiger partial charge on any atom is -0.456 e. The van der Waals surface area contributed by atoms with E-state index in [1.807, 2.05) is 25.1 Å². The van der Waals surface area contributed by atoms with Crippen molar-refractivity contribution in [1.29, 1.82) is 0 Å². The molecule has 1 aliphatic rings. The lowest BCUT2D eigenvalue weighted by atomic mass is 10.1. The van der Waals surface area contributed by atoms with E-state index in [0.717, 1.165) is 25.2 Å². The topological polar surface area (TPSA) is 83.0 Å². The highest BCUT2D eigenvalue weighted by molar-refractivity contribution is 7.21. The highest BCUT2D eigenvalue weighted by Crippen LogP contribution is 2.38. The lowest BCUT2D eigenvalue weighted by Gasteiger charge is -2.35. The van der Waals surface area contributed by atoms with Crippen molar-refractivity contribution >= 4 is 54.8 Å². The van der Waals surface area contributed by atoms with Crippen molar-refractivity contribution in [2.75, 3.05) is 27.2 Å². The van der Waals surface area contributed by atoms with E-state index in [9.17, 15) is 14.7 Å². The van der Waals surface area contributed by atoms with Gasteiger partial charge in [0.1, 0.15) is 11.5 Å². The Hall–Kier alpha value is -3.01. The zero-order valence-electron chi connectivity index (χ0n) is 17.8. The van der Waals surface area contributed by atoms with E-state index in [0.29, 0.717) is 35.0 Å². The van der Waals surface area contributed by atoms with Gasteiger partial charge in [0, 0.05) is 54.4 Å². The summed E-state index contributed by atoms with van der Waals surface area (Å²) in [5, 5.41) is 10.4. The summed E-state index contributed by atoms with van der Waals surface area (Å²) in [6, 6.07) is 9.26. The predicted octanol–water partition coefficient (Wildman–Crippen LogP) is 4.13. The van der Waals surface area contributed by atoms with Crippen molar-refractivity contribution in [1.82, 2.24) is 14.8 Å². The molecule has 5 rings (SSSR count). The Morgan fingerprint density at radius 2 is 1.97 bits per heavy atom. The van der Waals surface area contributed by atoms with Crippen LogP contribution in [0.5, 0.6) is 11.5 Å². The fraction of sp³-hybridized carbons (Fsp3) is 0.261. The number of aliphatic hydroxyl groups excluding tert-OH is 1. The number of carbonyl (C=O) groups excluding carboxylic acids is 2. The number of aromatic nitrogens is 1. The first-order valence-corrected chi connectivity index (χ1v) is 11.7. The number of β-amino-alcohol motifs (C(OH)–C–C–N with tert-alkyl or cyclic N) is 1. The second-order valence-corrected chi connectivity index (χ2v) is 10.3. The van der Waals surface area contributed by atoms with Crippen LogP contribution in [0.2, 0.25) is 0 Å². The number of hydrogen-bond donors (Lipinski definition) is 1. The van der Waals surface area contributed by atoms with Crippen molar-refractivity contribution < 1.29 is 19.4 Å². The fourth-order valence-electron chi connectivity index (χ4n) is 3.76. The molecule has 1 N–H and O–H groups in total. The van der Waals surface area contributed by atoms with E-state index in [-0.39, 0.29) is 11.8 Å². The molecule has 1 fully saturated rings. The third-order valence-corrected chi connectivity index (χ3v) is 7.62. The van der Waals surface area contributed by atoms with Gasteiger partial charge in [0.2, 0.25) is 0 Å². The summed E-state index contributed by atoms with van der Waals surface area (Å²) < 4.78 is 7.96. The predicted molar refractivity (Wildman–Crippen MR) is 126 cm³/mol. The molecular formula is C23H21N3O4S2. The average Bonchev–Trinajstić information content (AvgIpc) is 3.31. The highest BCUT2D eigenvalue weighted by atomic mass is 32.1. The van der Waals surface area contributed by atoms with Crippen LogP contribution in [0.4, 0.5) is 0 Å². The first-order valence-electron chi connectivity index (χ1n) is 10.1.